The van der Waals surface area contributed by atoms with Gasteiger partial charge in [-0.15, -0.1) is 0 Å². The maximum atomic E-state index is 11.8. The number of aliphatic hydroxyl groups excluding tert-OH is 1. The zero-order valence-corrected chi connectivity index (χ0v) is 9.02. The minimum Gasteiger partial charge on any atom is -0.393 e. The molecule has 1 aromatic heterocycles. The summed E-state index contributed by atoms with van der Waals surface area (Å²) in [6, 6.07) is 0. The molecule has 1 unspecified atom stereocenters. The molecule has 5 nitrogen and oxygen atoms in total. The first-order chi connectivity index (χ1) is 7.18. The van der Waals surface area contributed by atoms with Gasteiger partial charge in [-0.3, -0.25) is 4.57 Å². The Morgan fingerprint density at radius 2 is 2.33 bits per heavy atom. The number of hydrogen-bond acceptors (Lipinski definition) is 3. The summed E-state index contributed by atoms with van der Waals surface area (Å²) in [4.78, 5) is 11.8. The lowest BCUT2D eigenvalue weighted by atomic mass is 10.2. The molecule has 0 amide bonds. The van der Waals surface area contributed by atoms with Crippen LogP contribution in [0.25, 0.3) is 0 Å². The molecule has 1 N–H and O–H groups in total. The van der Waals surface area contributed by atoms with E-state index in [4.69, 9.17) is 5.11 Å². The number of rotatable bonds is 3. The van der Waals surface area contributed by atoms with Crippen LogP contribution in [0.2, 0.25) is 0 Å². The van der Waals surface area contributed by atoms with Gasteiger partial charge in [-0.05, 0) is 26.2 Å². The lowest BCUT2D eigenvalue weighted by Gasteiger charge is -2.09. The van der Waals surface area contributed by atoms with Gasteiger partial charge in [-0.1, -0.05) is 0 Å². The van der Waals surface area contributed by atoms with Gasteiger partial charge in [0.05, 0.1) is 6.10 Å². The molecule has 0 radical (unpaired) electrons. The van der Waals surface area contributed by atoms with E-state index in [0.29, 0.717) is 13.0 Å². The largest absolute Gasteiger partial charge is 0.393 e. The fourth-order valence-corrected chi connectivity index (χ4v) is 1.90. The summed E-state index contributed by atoms with van der Waals surface area (Å²) in [7, 11) is 0. The summed E-state index contributed by atoms with van der Waals surface area (Å²) in [5.41, 5.74) is -0.0228. The van der Waals surface area contributed by atoms with E-state index in [0.717, 1.165) is 31.6 Å². The highest BCUT2D eigenvalue weighted by Crippen LogP contribution is 2.09. The van der Waals surface area contributed by atoms with Gasteiger partial charge in [0.2, 0.25) is 0 Å². The van der Waals surface area contributed by atoms with Crippen LogP contribution >= 0.6 is 0 Å². The van der Waals surface area contributed by atoms with Crippen molar-refractivity contribution in [3.63, 3.8) is 0 Å². The molecule has 0 bridgehead atoms. The molecule has 1 aliphatic heterocycles. The van der Waals surface area contributed by atoms with Gasteiger partial charge in [0.1, 0.15) is 5.82 Å². The maximum absolute atomic E-state index is 11.8. The van der Waals surface area contributed by atoms with Crippen molar-refractivity contribution in [1.29, 1.82) is 0 Å². The molecule has 0 saturated heterocycles. The van der Waals surface area contributed by atoms with E-state index in [1.54, 1.807) is 11.5 Å². The first-order valence-corrected chi connectivity index (χ1v) is 5.53. The summed E-state index contributed by atoms with van der Waals surface area (Å²) >= 11 is 0. The molecular weight excluding hydrogens is 194 g/mol. The highest BCUT2D eigenvalue weighted by atomic mass is 16.3. The zero-order valence-electron chi connectivity index (χ0n) is 9.02. The van der Waals surface area contributed by atoms with Crippen LogP contribution in [0, 0.1) is 0 Å². The molecule has 0 aromatic carbocycles. The van der Waals surface area contributed by atoms with Crippen LogP contribution in [-0.4, -0.2) is 25.6 Å². The maximum Gasteiger partial charge on any atom is 0.345 e. The van der Waals surface area contributed by atoms with E-state index in [2.05, 4.69) is 5.10 Å². The minimum absolute atomic E-state index is 0.0228. The Labute approximate surface area is 88.3 Å². The Balaban J connectivity index is 2.18. The van der Waals surface area contributed by atoms with Crippen molar-refractivity contribution in [3.8, 4) is 0 Å². The molecule has 2 heterocycles. The number of hydrogen-bond donors (Lipinski definition) is 1. The topological polar surface area (TPSA) is 60.0 Å². The molecule has 84 valence electrons. The molecule has 1 atom stereocenters. The van der Waals surface area contributed by atoms with E-state index in [1.165, 1.54) is 4.68 Å². The van der Waals surface area contributed by atoms with Crippen molar-refractivity contribution in [2.24, 2.45) is 0 Å². The predicted octanol–water partition coefficient (Wildman–Crippen LogP) is 0.152. The Hall–Kier alpha value is -1.10. The molecule has 5 heteroatoms. The lowest BCUT2D eigenvalue weighted by molar-refractivity contribution is 0.175. The van der Waals surface area contributed by atoms with Gasteiger partial charge in [0.15, 0.2) is 0 Å². The predicted molar refractivity (Wildman–Crippen MR) is 55.7 cm³/mol. The van der Waals surface area contributed by atoms with Crippen LogP contribution in [0.5, 0.6) is 0 Å². The normalized spacial score (nSPS) is 17.5. The number of nitrogens with zero attached hydrogens (tertiary/aromatic N) is 3. The third kappa shape index (κ3) is 2.12. The van der Waals surface area contributed by atoms with Crippen LogP contribution < -0.4 is 5.69 Å². The Morgan fingerprint density at radius 1 is 1.53 bits per heavy atom. The molecule has 0 fully saturated rings. The Morgan fingerprint density at radius 3 is 3.00 bits per heavy atom. The van der Waals surface area contributed by atoms with Gasteiger partial charge >= 0.3 is 5.69 Å². The smallest absolute Gasteiger partial charge is 0.345 e. The minimum atomic E-state index is -0.379. The third-order valence-electron chi connectivity index (χ3n) is 2.79. The quantitative estimate of drug-likeness (QED) is 0.774. The monoisotopic (exact) mass is 211 g/mol. The van der Waals surface area contributed by atoms with E-state index >= 15 is 0 Å². The number of aromatic nitrogens is 3. The van der Waals surface area contributed by atoms with Crippen LogP contribution in [-0.2, 0) is 19.5 Å². The SMILES string of the molecule is CC(O)CCn1nc2n(c1=O)CCCC2. The van der Waals surface area contributed by atoms with Crippen molar-refractivity contribution < 1.29 is 5.11 Å². The lowest BCUT2D eigenvalue weighted by Crippen LogP contribution is -2.27. The Kier molecular flexibility index (Phi) is 2.90. The standard InChI is InChI=1S/C10H17N3O2/c1-8(14)5-7-13-10(15)12-6-3-2-4-9(12)11-13/h8,14H,2-7H2,1H3. The van der Waals surface area contributed by atoms with E-state index < -0.39 is 0 Å². The Bertz CT molecular complexity index is 392. The van der Waals surface area contributed by atoms with Crippen LogP contribution in [0.3, 0.4) is 0 Å². The van der Waals surface area contributed by atoms with E-state index in [1.807, 2.05) is 0 Å². The fraction of sp³-hybridized carbons (Fsp3) is 0.800. The average molecular weight is 211 g/mol. The molecule has 15 heavy (non-hydrogen) atoms. The summed E-state index contributed by atoms with van der Waals surface area (Å²) < 4.78 is 3.24. The molecule has 0 spiro atoms. The van der Waals surface area contributed by atoms with Crippen molar-refractivity contribution >= 4 is 0 Å². The molecule has 1 aromatic rings. The number of fused-ring (bicyclic) bond motifs is 1. The van der Waals surface area contributed by atoms with Crippen molar-refractivity contribution in [2.75, 3.05) is 0 Å². The van der Waals surface area contributed by atoms with Gasteiger partial charge < -0.3 is 5.11 Å². The summed E-state index contributed by atoms with van der Waals surface area (Å²) in [6.07, 6.45) is 3.28. The molecular formula is C10H17N3O2. The fourth-order valence-electron chi connectivity index (χ4n) is 1.90. The average Bonchev–Trinajstić information content (AvgIpc) is 2.54. The van der Waals surface area contributed by atoms with Gasteiger partial charge in [0, 0.05) is 19.5 Å². The van der Waals surface area contributed by atoms with Gasteiger partial charge in [0.25, 0.3) is 0 Å². The first kappa shape index (κ1) is 10.4. The summed E-state index contributed by atoms with van der Waals surface area (Å²) in [5.74, 6) is 0.900. The van der Waals surface area contributed by atoms with E-state index in [-0.39, 0.29) is 11.8 Å². The highest BCUT2D eigenvalue weighted by molar-refractivity contribution is 4.91. The first-order valence-electron chi connectivity index (χ1n) is 5.53. The highest BCUT2D eigenvalue weighted by Gasteiger charge is 2.16. The second kappa shape index (κ2) is 4.18. The third-order valence-corrected chi connectivity index (χ3v) is 2.79. The van der Waals surface area contributed by atoms with Crippen LogP contribution in [0.1, 0.15) is 32.0 Å². The molecule has 1 aliphatic rings. The van der Waals surface area contributed by atoms with Crippen molar-refractivity contribution in [1.82, 2.24) is 14.3 Å². The number of aryl methyl sites for hydroxylation is 2. The second-order valence-electron chi connectivity index (χ2n) is 4.17. The molecule has 0 saturated carbocycles. The van der Waals surface area contributed by atoms with Crippen LogP contribution in [0.15, 0.2) is 4.79 Å². The van der Waals surface area contributed by atoms with Crippen molar-refractivity contribution in [2.45, 2.75) is 51.8 Å². The van der Waals surface area contributed by atoms with E-state index in [9.17, 15) is 4.79 Å². The van der Waals surface area contributed by atoms with Crippen LogP contribution in [0.4, 0.5) is 0 Å². The molecule has 0 aliphatic carbocycles. The van der Waals surface area contributed by atoms with Gasteiger partial charge in [-0.2, -0.15) is 5.10 Å². The van der Waals surface area contributed by atoms with Gasteiger partial charge in [-0.25, -0.2) is 9.48 Å². The van der Waals surface area contributed by atoms with Crippen molar-refractivity contribution in [3.05, 3.63) is 16.3 Å². The second-order valence-corrected chi connectivity index (χ2v) is 4.17. The summed E-state index contributed by atoms with van der Waals surface area (Å²) in [6.45, 7) is 3.03. The zero-order chi connectivity index (χ0) is 10.8. The molecule has 2 rings (SSSR count). The number of aliphatic hydroxyl groups is 1. The summed E-state index contributed by atoms with van der Waals surface area (Å²) in [5, 5.41) is 13.4.